The molecule has 0 aromatic heterocycles. The molecule has 7 heteroatoms. The van der Waals surface area contributed by atoms with E-state index in [1.54, 1.807) is 48.5 Å². The first kappa shape index (κ1) is 18.0. The van der Waals surface area contributed by atoms with Crippen molar-refractivity contribution in [3.8, 4) is 0 Å². The molecule has 4 atom stereocenters. The molecule has 0 unspecified atom stereocenters. The quantitative estimate of drug-likeness (QED) is 0.823. The zero-order valence-electron chi connectivity index (χ0n) is 13.7. The van der Waals surface area contributed by atoms with E-state index in [0.717, 1.165) is 0 Å². The number of esters is 2. The van der Waals surface area contributed by atoms with Gasteiger partial charge in [-0.1, -0.05) is 36.4 Å². The van der Waals surface area contributed by atoms with E-state index in [1.807, 2.05) is 0 Å². The van der Waals surface area contributed by atoms with Crippen LogP contribution >= 0.6 is 0 Å². The van der Waals surface area contributed by atoms with Gasteiger partial charge in [0.25, 0.3) is 0 Å². The number of aliphatic hydroxyl groups excluding tert-OH is 1. The Kier molecular flexibility index (Phi) is 5.60. The van der Waals surface area contributed by atoms with E-state index in [9.17, 15) is 19.1 Å². The summed E-state index contributed by atoms with van der Waals surface area (Å²) in [5.74, 6) is -1.39. The highest BCUT2D eigenvalue weighted by molar-refractivity contribution is 5.89. The fourth-order valence-corrected chi connectivity index (χ4v) is 2.49. The normalized spacial score (nSPS) is 24.8. The lowest BCUT2D eigenvalue weighted by atomic mass is 10.1. The molecule has 1 fully saturated rings. The number of carbonyl (C=O) groups excluding carboxylic acids is 2. The maximum Gasteiger partial charge on any atom is 0.340 e. The van der Waals surface area contributed by atoms with Gasteiger partial charge in [0, 0.05) is 0 Å². The summed E-state index contributed by atoms with van der Waals surface area (Å²) >= 11 is 0. The smallest absolute Gasteiger partial charge is 0.340 e. The minimum Gasteiger partial charge on any atom is -0.459 e. The molecule has 2 aromatic rings. The molecule has 0 saturated carbocycles. The van der Waals surface area contributed by atoms with Crippen LogP contribution in [0.15, 0.2) is 60.7 Å². The van der Waals surface area contributed by atoms with Crippen LogP contribution in [0.5, 0.6) is 0 Å². The minimum atomic E-state index is -1.94. The van der Waals surface area contributed by atoms with Crippen molar-refractivity contribution in [2.45, 2.75) is 24.7 Å². The molecule has 1 N–H and O–H groups in total. The van der Waals surface area contributed by atoms with Gasteiger partial charge in [0.05, 0.1) is 11.1 Å². The Labute approximate surface area is 149 Å². The molecule has 0 spiro atoms. The van der Waals surface area contributed by atoms with Crippen molar-refractivity contribution in [2.75, 3.05) is 6.61 Å². The molecule has 0 radical (unpaired) electrons. The largest absolute Gasteiger partial charge is 0.459 e. The van der Waals surface area contributed by atoms with Crippen LogP contribution in [0.2, 0.25) is 0 Å². The Bertz CT molecular complexity index is 751. The van der Waals surface area contributed by atoms with Crippen molar-refractivity contribution in [3.05, 3.63) is 71.8 Å². The number of benzene rings is 2. The molecule has 136 valence electrons. The molecule has 0 bridgehead atoms. The summed E-state index contributed by atoms with van der Waals surface area (Å²) in [6.45, 7) is -0.366. The van der Waals surface area contributed by atoms with Crippen LogP contribution in [0.1, 0.15) is 20.7 Å². The Hall–Kier alpha value is -2.77. The maximum absolute atomic E-state index is 14.2. The highest BCUT2D eigenvalue weighted by Gasteiger charge is 2.47. The van der Waals surface area contributed by atoms with Crippen molar-refractivity contribution >= 4 is 11.9 Å². The predicted molar refractivity (Wildman–Crippen MR) is 88.1 cm³/mol. The predicted octanol–water partition coefficient (Wildman–Crippen LogP) is 2.12. The van der Waals surface area contributed by atoms with E-state index >= 15 is 0 Å². The summed E-state index contributed by atoms with van der Waals surface area (Å²) in [6, 6.07) is 16.3. The Morgan fingerprint density at radius 1 is 0.962 bits per heavy atom. The average molecular weight is 360 g/mol. The second-order valence-corrected chi connectivity index (χ2v) is 5.71. The fraction of sp³-hybridized carbons (Fsp3) is 0.263. The van der Waals surface area contributed by atoms with Crippen LogP contribution in [0.3, 0.4) is 0 Å². The Morgan fingerprint density at radius 2 is 1.50 bits per heavy atom. The van der Waals surface area contributed by atoms with E-state index in [-0.39, 0.29) is 12.2 Å². The van der Waals surface area contributed by atoms with Crippen LogP contribution < -0.4 is 0 Å². The van der Waals surface area contributed by atoms with E-state index in [2.05, 4.69) is 0 Å². The molecule has 1 aliphatic heterocycles. The van der Waals surface area contributed by atoms with Gasteiger partial charge in [0.2, 0.25) is 6.29 Å². The molecule has 0 amide bonds. The average Bonchev–Trinajstić information content (AvgIpc) is 2.95. The van der Waals surface area contributed by atoms with E-state index < -0.39 is 36.6 Å². The lowest BCUT2D eigenvalue weighted by Crippen LogP contribution is -2.33. The SMILES string of the molecule is O=C(OC[C@H]1O[C@H](OC(=O)c2ccccc2)[C@@H](F)[C@@H]1O)c1ccccc1. The topological polar surface area (TPSA) is 82.1 Å². The molecule has 6 nitrogen and oxygen atoms in total. The van der Waals surface area contributed by atoms with Crippen LogP contribution in [0.25, 0.3) is 0 Å². The van der Waals surface area contributed by atoms with Crippen LogP contribution in [-0.4, -0.2) is 48.3 Å². The molecular formula is C19H17FO6. The number of alkyl halides is 1. The van der Waals surface area contributed by atoms with Gasteiger partial charge in [0.15, 0.2) is 6.17 Å². The molecule has 2 aromatic carbocycles. The number of aliphatic hydroxyl groups is 1. The van der Waals surface area contributed by atoms with Gasteiger partial charge in [-0.2, -0.15) is 0 Å². The first-order valence-corrected chi connectivity index (χ1v) is 8.02. The fourth-order valence-electron chi connectivity index (χ4n) is 2.49. The van der Waals surface area contributed by atoms with Gasteiger partial charge >= 0.3 is 11.9 Å². The molecule has 1 heterocycles. The molecule has 1 saturated heterocycles. The lowest BCUT2D eigenvalue weighted by Gasteiger charge is -2.15. The number of hydrogen-bond acceptors (Lipinski definition) is 6. The van der Waals surface area contributed by atoms with Gasteiger partial charge in [-0.25, -0.2) is 14.0 Å². The van der Waals surface area contributed by atoms with Crippen molar-refractivity contribution < 1.29 is 33.3 Å². The zero-order valence-corrected chi connectivity index (χ0v) is 13.7. The van der Waals surface area contributed by atoms with Gasteiger partial charge in [-0.3, -0.25) is 0 Å². The standard InChI is InChI=1S/C19H17FO6/c20-15-16(21)14(11-24-17(22)12-7-3-1-4-8-12)25-19(15)26-18(23)13-9-5-2-6-10-13/h1-10,14-16,19,21H,11H2/t14-,15+,16-,19-/m1/s1. The Balaban J connectivity index is 1.56. The number of rotatable bonds is 5. The number of ether oxygens (including phenoxy) is 3. The molecule has 0 aliphatic carbocycles. The third kappa shape index (κ3) is 4.07. The highest BCUT2D eigenvalue weighted by Crippen LogP contribution is 2.26. The van der Waals surface area contributed by atoms with Crippen LogP contribution in [-0.2, 0) is 14.2 Å². The monoisotopic (exact) mass is 360 g/mol. The van der Waals surface area contributed by atoms with Gasteiger partial charge in [0.1, 0.15) is 18.8 Å². The molecular weight excluding hydrogens is 343 g/mol. The van der Waals surface area contributed by atoms with Crippen molar-refractivity contribution in [2.24, 2.45) is 0 Å². The maximum atomic E-state index is 14.2. The van der Waals surface area contributed by atoms with E-state index in [1.165, 1.54) is 12.1 Å². The van der Waals surface area contributed by atoms with Crippen LogP contribution in [0.4, 0.5) is 4.39 Å². The van der Waals surface area contributed by atoms with Gasteiger partial charge in [-0.15, -0.1) is 0 Å². The zero-order chi connectivity index (χ0) is 18.5. The highest BCUT2D eigenvalue weighted by atomic mass is 19.1. The summed E-state index contributed by atoms with van der Waals surface area (Å²) in [7, 11) is 0. The summed E-state index contributed by atoms with van der Waals surface area (Å²) in [4.78, 5) is 23.9. The summed E-state index contributed by atoms with van der Waals surface area (Å²) in [5, 5.41) is 9.91. The summed E-state index contributed by atoms with van der Waals surface area (Å²) in [5.41, 5.74) is 0.556. The van der Waals surface area contributed by atoms with Gasteiger partial charge < -0.3 is 19.3 Å². The van der Waals surface area contributed by atoms with Crippen molar-refractivity contribution in [3.63, 3.8) is 0 Å². The van der Waals surface area contributed by atoms with E-state index in [0.29, 0.717) is 5.56 Å². The van der Waals surface area contributed by atoms with Crippen molar-refractivity contribution in [1.29, 1.82) is 0 Å². The first-order chi connectivity index (χ1) is 12.6. The minimum absolute atomic E-state index is 0.233. The lowest BCUT2D eigenvalue weighted by molar-refractivity contribution is -0.129. The van der Waals surface area contributed by atoms with Gasteiger partial charge in [-0.05, 0) is 24.3 Å². The molecule has 26 heavy (non-hydrogen) atoms. The number of halogens is 1. The Morgan fingerprint density at radius 3 is 2.08 bits per heavy atom. The van der Waals surface area contributed by atoms with Crippen molar-refractivity contribution in [1.82, 2.24) is 0 Å². The number of hydrogen-bond donors (Lipinski definition) is 1. The third-order valence-corrected chi connectivity index (χ3v) is 3.90. The molecule has 1 aliphatic rings. The summed E-state index contributed by atoms with van der Waals surface area (Å²) < 4.78 is 29.4. The summed E-state index contributed by atoms with van der Waals surface area (Å²) in [6.07, 6.45) is -6.22. The third-order valence-electron chi connectivity index (χ3n) is 3.90. The van der Waals surface area contributed by atoms with Crippen LogP contribution in [0, 0.1) is 0 Å². The first-order valence-electron chi connectivity index (χ1n) is 8.02. The number of carbonyl (C=O) groups is 2. The molecule has 3 rings (SSSR count). The second kappa shape index (κ2) is 8.07. The van der Waals surface area contributed by atoms with E-state index in [4.69, 9.17) is 14.2 Å². The second-order valence-electron chi connectivity index (χ2n) is 5.71.